The fourth-order valence-corrected chi connectivity index (χ4v) is 1.12. The van der Waals surface area contributed by atoms with Gasteiger partial charge in [0.1, 0.15) is 6.73 Å². The Morgan fingerprint density at radius 2 is 2.17 bits per heavy atom. The van der Waals surface area contributed by atoms with E-state index < -0.39 is 0 Å². The molecule has 1 aliphatic heterocycles. The minimum atomic E-state index is -0.371. The van der Waals surface area contributed by atoms with Gasteiger partial charge in [-0.05, 0) is 12.8 Å². The Balaban J connectivity index is 2.27. The van der Waals surface area contributed by atoms with E-state index in [1.54, 1.807) is 4.90 Å². The highest BCUT2D eigenvalue weighted by Crippen LogP contribution is 2.08. The molecule has 1 amide bonds. The second-order valence-corrected chi connectivity index (χ2v) is 2.82. The van der Waals surface area contributed by atoms with Crippen LogP contribution in [0.25, 0.3) is 0 Å². The SMILES string of the molecule is CN(CO)OC(=O)N1CCCC1. The Morgan fingerprint density at radius 1 is 1.58 bits per heavy atom. The van der Waals surface area contributed by atoms with Crippen LogP contribution >= 0.6 is 0 Å². The van der Waals surface area contributed by atoms with Gasteiger partial charge in [0.05, 0.1) is 0 Å². The summed E-state index contributed by atoms with van der Waals surface area (Å²) in [6, 6.07) is 0. The number of hydrogen-bond acceptors (Lipinski definition) is 4. The van der Waals surface area contributed by atoms with Crippen LogP contribution in [0.1, 0.15) is 12.8 Å². The summed E-state index contributed by atoms with van der Waals surface area (Å²) in [6.45, 7) is 1.25. The van der Waals surface area contributed by atoms with Crippen LogP contribution in [0.5, 0.6) is 0 Å². The summed E-state index contributed by atoms with van der Waals surface area (Å²) in [4.78, 5) is 17.6. The van der Waals surface area contributed by atoms with Gasteiger partial charge in [-0.3, -0.25) is 0 Å². The molecule has 12 heavy (non-hydrogen) atoms. The van der Waals surface area contributed by atoms with Gasteiger partial charge in [-0.15, -0.1) is 5.06 Å². The predicted octanol–water partition coefficient (Wildman–Crippen LogP) is 0.0154. The lowest BCUT2D eigenvalue weighted by atomic mass is 10.4. The van der Waals surface area contributed by atoms with Crippen LogP contribution in [0.3, 0.4) is 0 Å². The molecule has 1 aliphatic rings. The van der Waals surface area contributed by atoms with Crippen molar-refractivity contribution in [1.82, 2.24) is 9.96 Å². The first-order valence-corrected chi connectivity index (χ1v) is 4.03. The maximum absolute atomic E-state index is 11.2. The van der Waals surface area contributed by atoms with Crippen molar-refractivity contribution in [1.29, 1.82) is 0 Å². The van der Waals surface area contributed by atoms with E-state index in [1.165, 1.54) is 7.05 Å². The van der Waals surface area contributed by atoms with Crippen molar-refractivity contribution in [2.24, 2.45) is 0 Å². The van der Waals surface area contributed by atoms with Crippen LogP contribution in [0, 0.1) is 0 Å². The molecule has 0 bridgehead atoms. The van der Waals surface area contributed by atoms with Gasteiger partial charge in [-0.2, -0.15) is 0 Å². The van der Waals surface area contributed by atoms with E-state index in [0.717, 1.165) is 31.0 Å². The zero-order valence-corrected chi connectivity index (χ0v) is 7.19. The van der Waals surface area contributed by atoms with E-state index >= 15 is 0 Å². The first-order valence-electron chi connectivity index (χ1n) is 4.03. The molecule has 1 rings (SSSR count). The summed E-state index contributed by atoms with van der Waals surface area (Å²) in [5.74, 6) is 0. The lowest BCUT2D eigenvalue weighted by molar-refractivity contribution is -0.134. The molecule has 0 atom stereocenters. The zero-order valence-electron chi connectivity index (χ0n) is 7.19. The first-order chi connectivity index (χ1) is 5.74. The largest absolute Gasteiger partial charge is 0.429 e. The maximum Gasteiger partial charge on any atom is 0.429 e. The van der Waals surface area contributed by atoms with Crippen LogP contribution in [-0.4, -0.2) is 48.0 Å². The minimum absolute atomic E-state index is 0.278. The maximum atomic E-state index is 11.2. The van der Waals surface area contributed by atoms with E-state index in [0.29, 0.717) is 0 Å². The molecule has 1 fully saturated rings. The molecule has 5 heteroatoms. The first kappa shape index (κ1) is 9.28. The fraction of sp³-hybridized carbons (Fsp3) is 0.857. The summed E-state index contributed by atoms with van der Waals surface area (Å²) in [5, 5.41) is 9.65. The molecule has 0 aromatic heterocycles. The number of hydrogen-bond donors (Lipinski definition) is 1. The van der Waals surface area contributed by atoms with Crippen LogP contribution in [0.15, 0.2) is 0 Å². The predicted molar refractivity (Wildman–Crippen MR) is 42.1 cm³/mol. The van der Waals surface area contributed by atoms with Gasteiger partial charge in [0.15, 0.2) is 0 Å². The second-order valence-electron chi connectivity index (χ2n) is 2.82. The molecule has 0 radical (unpaired) electrons. The van der Waals surface area contributed by atoms with Crippen molar-refractivity contribution < 1.29 is 14.7 Å². The highest BCUT2D eigenvalue weighted by molar-refractivity contribution is 5.67. The molecule has 70 valence electrons. The highest BCUT2D eigenvalue weighted by Gasteiger charge is 2.20. The molecule has 0 aromatic rings. The van der Waals surface area contributed by atoms with Gasteiger partial charge in [0.2, 0.25) is 0 Å². The van der Waals surface area contributed by atoms with Gasteiger partial charge in [-0.25, -0.2) is 4.79 Å². The Morgan fingerprint density at radius 3 is 2.67 bits per heavy atom. The van der Waals surface area contributed by atoms with Crippen molar-refractivity contribution >= 4 is 6.09 Å². The van der Waals surface area contributed by atoms with E-state index in [-0.39, 0.29) is 12.8 Å². The molecule has 0 aliphatic carbocycles. The molecular weight excluding hydrogens is 160 g/mol. The molecule has 0 saturated carbocycles. The average Bonchev–Trinajstić information content (AvgIpc) is 2.56. The third kappa shape index (κ3) is 2.35. The number of aliphatic hydroxyl groups excluding tert-OH is 1. The monoisotopic (exact) mass is 174 g/mol. The summed E-state index contributed by atoms with van der Waals surface area (Å²) in [7, 11) is 1.51. The molecule has 5 nitrogen and oxygen atoms in total. The third-order valence-electron chi connectivity index (χ3n) is 1.80. The Hall–Kier alpha value is -0.810. The smallest absolute Gasteiger partial charge is 0.378 e. The minimum Gasteiger partial charge on any atom is -0.378 e. The number of rotatable bonds is 2. The Bertz CT molecular complexity index is 157. The normalized spacial score (nSPS) is 17.1. The summed E-state index contributed by atoms with van der Waals surface area (Å²) >= 11 is 0. The number of likely N-dealkylation sites (tertiary alicyclic amines) is 1. The van der Waals surface area contributed by atoms with Crippen LogP contribution in [0.4, 0.5) is 4.79 Å². The van der Waals surface area contributed by atoms with Crippen molar-refractivity contribution in [3.8, 4) is 0 Å². The standard InChI is InChI=1S/C7H14N2O3/c1-8(6-10)12-7(11)9-4-2-3-5-9/h10H,2-6H2,1H3. The fourth-order valence-electron chi connectivity index (χ4n) is 1.12. The average molecular weight is 174 g/mol. The topological polar surface area (TPSA) is 53.0 Å². The van der Waals surface area contributed by atoms with Gasteiger partial charge in [0, 0.05) is 20.1 Å². The summed E-state index contributed by atoms with van der Waals surface area (Å²) in [5.41, 5.74) is 0. The van der Waals surface area contributed by atoms with E-state index in [2.05, 4.69) is 0 Å². The van der Waals surface area contributed by atoms with Crippen LogP contribution < -0.4 is 0 Å². The van der Waals surface area contributed by atoms with Crippen LogP contribution in [-0.2, 0) is 4.84 Å². The van der Waals surface area contributed by atoms with E-state index in [9.17, 15) is 4.79 Å². The molecule has 0 unspecified atom stereocenters. The lowest BCUT2D eigenvalue weighted by Crippen LogP contribution is -2.34. The number of carbonyl (C=O) groups is 1. The van der Waals surface area contributed by atoms with Gasteiger partial charge in [0.25, 0.3) is 0 Å². The van der Waals surface area contributed by atoms with Gasteiger partial charge < -0.3 is 14.8 Å². The van der Waals surface area contributed by atoms with Crippen molar-refractivity contribution in [3.05, 3.63) is 0 Å². The Kier molecular flexibility index (Phi) is 3.31. The van der Waals surface area contributed by atoms with E-state index in [1.807, 2.05) is 0 Å². The summed E-state index contributed by atoms with van der Waals surface area (Å²) in [6.07, 6.45) is 1.71. The third-order valence-corrected chi connectivity index (χ3v) is 1.80. The quantitative estimate of drug-likeness (QED) is 0.473. The second kappa shape index (κ2) is 4.27. The van der Waals surface area contributed by atoms with Crippen molar-refractivity contribution in [2.75, 3.05) is 26.9 Å². The number of nitrogens with zero attached hydrogens (tertiary/aromatic N) is 2. The zero-order chi connectivity index (χ0) is 8.97. The number of carbonyl (C=O) groups excluding carboxylic acids is 1. The molecule has 1 N–H and O–H groups in total. The lowest BCUT2D eigenvalue weighted by Gasteiger charge is -2.18. The number of hydroxylamine groups is 2. The van der Waals surface area contributed by atoms with Crippen molar-refractivity contribution in [3.63, 3.8) is 0 Å². The molecule has 1 saturated heterocycles. The Labute approximate surface area is 71.5 Å². The highest BCUT2D eigenvalue weighted by atomic mass is 16.7. The molecule has 1 heterocycles. The van der Waals surface area contributed by atoms with E-state index in [4.69, 9.17) is 9.94 Å². The number of aliphatic hydroxyl groups is 1. The van der Waals surface area contributed by atoms with Gasteiger partial charge in [-0.1, -0.05) is 0 Å². The molecule has 0 aromatic carbocycles. The molecular formula is C7H14N2O3. The van der Waals surface area contributed by atoms with Crippen LogP contribution in [0.2, 0.25) is 0 Å². The number of amides is 1. The summed E-state index contributed by atoms with van der Waals surface area (Å²) < 4.78 is 0. The van der Waals surface area contributed by atoms with Gasteiger partial charge >= 0.3 is 6.09 Å². The van der Waals surface area contributed by atoms with Crippen molar-refractivity contribution in [2.45, 2.75) is 12.8 Å². The molecule has 0 spiro atoms.